The predicted octanol–water partition coefficient (Wildman–Crippen LogP) is 3.95. The lowest BCUT2D eigenvalue weighted by Gasteiger charge is -2.32. The predicted molar refractivity (Wildman–Crippen MR) is 146 cm³/mol. The molecule has 0 bridgehead atoms. The monoisotopic (exact) mass is 531 g/mol. The number of ether oxygens (including phenoxy) is 1. The summed E-state index contributed by atoms with van der Waals surface area (Å²) in [4.78, 5) is 11.1. The second kappa shape index (κ2) is 10.8. The Morgan fingerprint density at radius 3 is 2.56 bits per heavy atom. The molecule has 0 amide bonds. The fraction of sp³-hybridized carbons (Fsp3) is 0.333. The van der Waals surface area contributed by atoms with Gasteiger partial charge in [0.05, 0.1) is 36.6 Å². The highest BCUT2D eigenvalue weighted by atomic mass is 35.5. The third kappa shape index (κ3) is 5.92. The van der Waals surface area contributed by atoms with Gasteiger partial charge in [0.2, 0.25) is 16.0 Å². The minimum Gasteiger partial charge on any atom is -0.494 e. The molecular formula is C24H30ClN7O3S. The van der Waals surface area contributed by atoms with Crippen LogP contribution >= 0.6 is 11.6 Å². The molecule has 1 saturated heterocycles. The lowest BCUT2D eigenvalue weighted by molar-refractivity contribution is 0.416. The molecule has 36 heavy (non-hydrogen) atoms. The topological polar surface area (TPSA) is 126 Å². The number of nitrogens with one attached hydrogen (secondary N) is 2. The maximum Gasteiger partial charge on any atom is 0.232 e. The minimum absolute atomic E-state index is 0.257. The highest BCUT2D eigenvalue weighted by Gasteiger charge is 2.19. The molecule has 2 heterocycles. The van der Waals surface area contributed by atoms with E-state index in [0.717, 1.165) is 37.9 Å². The van der Waals surface area contributed by atoms with Gasteiger partial charge >= 0.3 is 0 Å². The fourth-order valence-corrected chi connectivity index (χ4v) is 4.59. The number of sulfonamides is 1. The van der Waals surface area contributed by atoms with Gasteiger partial charge in [-0.15, -0.1) is 0 Å². The van der Waals surface area contributed by atoms with E-state index in [-0.39, 0.29) is 11.1 Å². The first-order chi connectivity index (χ1) is 17.2. The average molecular weight is 532 g/mol. The first-order valence-corrected chi connectivity index (χ1v) is 13.7. The number of hydrogen-bond donors (Lipinski definition) is 3. The molecule has 4 N–H and O–H groups in total. The molecule has 0 spiro atoms. The molecule has 192 valence electrons. The number of piperidine rings is 1. The Kier molecular flexibility index (Phi) is 7.72. The maximum absolute atomic E-state index is 12.1. The van der Waals surface area contributed by atoms with Gasteiger partial charge in [-0.05, 0) is 37.1 Å². The number of hydrogen-bond acceptors (Lipinski definition) is 9. The van der Waals surface area contributed by atoms with Crippen molar-refractivity contribution in [2.45, 2.75) is 18.9 Å². The van der Waals surface area contributed by atoms with Gasteiger partial charge in [0.25, 0.3) is 0 Å². The van der Waals surface area contributed by atoms with Crippen LogP contribution in [0.1, 0.15) is 12.8 Å². The van der Waals surface area contributed by atoms with Gasteiger partial charge in [-0.25, -0.2) is 13.4 Å². The molecule has 0 atom stereocenters. The summed E-state index contributed by atoms with van der Waals surface area (Å²) in [6, 6.07) is 13.2. The lowest BCUT2D eigenvalue weighted by atomic mass is 10.1. The first kappa shape index (κ1) is 25.8. The Labute approximate surface area is 216 Å². The Hall–Kier alpha value is -3.28. The molecule has 0 radical (unpaired) electrons. The fourth-order valence-electron chi connectivity index (χ4n) is 3.93. The Bertz CT molecular complexity index is 1330. The zero-order chi connectivity index (χ0) is 25.9. The molecule has 12 heteroatoms. The van der Waals surface area contributed by atoms with Crippen molar-refractivity contribution in [3.05, 3.63) is 53.7 Å². The van der Waals surface area contributed by atoms with Crippen molar-refractivity contribution in [3.63, 3.8) is 0 Å². The molecule has 1 aliphatic heterocycles. The minimum atomic E-state index is -3.46. The third-order valence-corrected chi connectivity index (χ3v) is 7.54. The second-order valence-corrected chi connectivity index (χ2v) is 11.0. The molecule has 0 saturated carbocycles. The Balaban J connectivity index is 1.57. The van der Waals surface area contributed by atoms with Gasteiger partial charge in [-0.2, -0.15) is 4.98 Å². The molecule has 1 fully saturated rings. The van der Waals surface area contributed by atoms with Crippen LogP contribution in [0.5, 0.6) is 5.75 Å². The number of nitrogens with zero attached hydrogens (tertiary/aromatic N) is 4. The van der Waals surface area contributed by atoms with Crippen molar-refractivity contribution in [1.82, 2.24) is 9.97 Å². The number of nitrogens with two attached hydrogens (primary N) is 1. The number of benzene rings is 2. The van der Waals surface area contributed by atoms with Crippen molar-refractivity contribution in [1.29, 1.82) is 0 Å². The van der Waals surface area contributed by atoms with Crippen LogP contribution in [0.4, 0.5) is 34.5 Å². The van der Waals surface area contributed by atoms with Crippen molar-refractivity contribution >= 4 is 56.1 Å². The van der Waals surface area contributed by atoms with Crippen LogP contribution in [0.3, 0.4) is 0 Å². The molecule has 2 aromatic carbocycles. The van der Waals surface area contributed by atoms with Gasteiger partial charge in [-0.3, -0.25) is 4.31 Å². The molecule has 1 aliphatic rings. The Morgan fingerprint density at radius 1 is 1.14 bits per heavy atom. The number of anilines is 6. The van der Waals surface area contributed by atoms with Crippen LogP contribution in [-0.4, -0.2) is 57.9 Å². The quantitative estimate of drug-likeness (QED) is 0.396. The second-order valence-electron chi connectivity index (χ2n) is 8.60. The molecule has 3 aromatic rings. The van der Waals surface area contributed by atoms with Gasteiger partial charge in [-0.1, -0.05) is 23.7 Å². The van der Waals surface area contributed by atoms with Crippen LogP contribution in [0.25, 0.3) is 0 Å². The largest absolute Gasteiger partial charge is 0.494 e. The number of methoxy groups -OCH3 is 1. The summed E-state index contributed by atoms with van der Waals surface area (Å²) < 4.78 is 31.0. The summed E-state index contributed by atoms with van der Waals surface area (Å²) in [5.74, 6) is 1.27. The summed E-state index contributed by atoms with van der Waals surface area (Å²) in [5, 5.41) is 6.59. The number of para-hydroxylation sites is 2. The van der Waals surface area contributed by atoms with Crippen molar-refractivity contribution in [3.8, 4) is 5.75 Å². The standard InChI is InChI=1S/C24H30ClN7O3S/c1-31(36(3,33)34)21-7-5-4-6-19(21)28-23-18(25)15-27-24(30-23)29-20-9-8-17(14-22(20)35-2)32-12-10-16(26)11-13-32/h4-9,14-16H,10-13,26H2,1-3H3,(H2,27,28,29,30). The lowest BCUT2D eigenvalue weighted by Crippen LogP contribution is -2.39. The maximum atomic E-state index is 12.1. The van der Waals surface area contributed by atoms with Crippen LogP contribution in [0.15, 0.2) is 48.7 Å². The molecular weight excluding hydrogens is 502 g/mol. The van der Waals surface area contributed by atoms with Gasteiger partial charge in [0.1, 0.15) is 10.8 Å². The number of rotatable bonds is 8. The van der Waals surface area contributed by atoms with Crippen LogP contribution in [-0.2, 0) is 10.0 Å². The molecule has 1 aromatic heterocycles. The SMILES string of the molecule is COc1cc(N2CCC(N)CC2)ccc1Nc1ncc(Cl)c(Nc2ccccc2N(C)S(C)(=O)=O)n1. The van der Waals surface area contributed by atoms with Crippen molar-refractivity contribution in [2.24, 2.45) is 5.73 Å². The molecule has 0 unspecified atom stereocenters. The zero-order valence-corrected chi connectivity index (χ0v) is 22.0. The van der Waals surface area contributed by atoms with Gasteiger partial charge < -0.3 is 26.0 Å². The molecule has 4 rings (SSSR count). The molecule has 10 nitrogen and oxygen atoms in total. The van der Waals surface area contributed by atoms with E-state index < -0.39 is 10.0 Å². The normalized spacial score (nSPS) is 14.4. The summed E-state index contributed by atoms with van der Waals surface area (Å²) >= 11 is 6.36. The van der Waals surface area contributed by atoms with E-state index in [9.17, 15) is 8.42 Å². The van der Waals surface area contributed by atoms with E-state index in [2.05, 4.69) is 25.5 Å². The van der Waals surface area contributed by atoms with E-state index in [4.69, 9.17) is 22.1 Å². The molecule has 0 aliphatic carbocycles. The summed E-state index contributed by atoms with van der Waals surface area (Å²) in [7, 11) is -0.363. The van der Waals surface area contributed by atoms with Gasteiger partial charge in [0, 0.05) is 37.9 Å². The Morgan fingerprint density at radius 2 is 1.86 bits per heavy atom. The third-order valence-electron chi connectivity index (χ3n) is 6.07. The highest BCUT2D eigenvalue weighted by Crippen LogP contribution is 2.34. The van der Waals surface area contributed by atoms with E-state index >= 15 is 0 Å². The zero-order valence-electron chi connectivity index (χ0n) is 20.4. The van der Waals surface area contributed by atoms with Gasteiger partial charge in [0.15, 0.2) is 5.82 Å². The van der Waals surface area contributed by atoms with E-state index in [1.54, 1.807) is 31.4 Å². The summed E-state index contributed by atoms with van der Waals surface area (Å²) in [5.41, 5.74) is 8.78. The summed E-state index contributed by atoms with van der Waals surface area (Å²) in [6.07, 6.45) is 4.53. The number of aromatic nitrogens is 2. The average Bonchev–Trinajstić information content (AvgIpc) is 2.86. The van der Waals surface area contributed by atoms with Crippen molar-refractivity contribution in [2.75, 3.05) is 53.3 Å². The van der Waals surface area contributed by atoms with Crippen LogP contribution < -0.4 is 30.3 Å². The highest BCUT2D eigenvalue weighted by molar-refractivity contribution is 7.92. The summed E-state index contributed by atoms with van der Waals surface area (Å²) in [6.45, 7) is 1.81. The van der Waals surface area contributed by atoms with Crippen LogP contribution in [0.2, 0.25) is 5.02 Å². The first-order valence-electron chi connectivity index (χ1n) is 11.4. The van der Waals surface area contributed by atoms with E-state index in [1.807, 2.05) is 18.2 Å². The van der Waals surface area contributed by atoms with E-state index in [1.165, 1.54) is 17.5 Å². The van der Waals surface area contributed by atoms with Crippen LogP contribution in [0, 0.1) is 0 Å². The van der Waals surface area contributed by atoms with Crippen molar-refractivity contribution < 1.29 is 13.2 Å². The van der Waals surface area contributed by atoms with E-state index in [0.29, 0.717) is 34.6 Å². The smallest absolute Gasteiger partial charge is 0.232 e. The number of halogens is 1.